The Labute approximate surface area is 82.2 Å². The first kappa shape index (κ1) is 14.5. The molecule has 0 aromatic rings. The second kappa shape index (κ2) is 3.81. The molecule has 0 aliphatic heterocycles. The Morgan fingerprint density at radius 2 is 1.25 bits per heavy atom. The third-order valence-corrected chi connectivity index (χ3v) is 1.16. The molecular formula is C5H2F6O5. The Balaban J connectivity index is 5.29. The fourth-order valence-electron chi connectivity index (χ4n) is 0.443. The summed E-state index contributed by atoms with van der Waals surface area (Å²) in [6.07, 6.45) is -12.0. The summed E-state index contributed by atoms with van der Waals surface area (Å²) in [7, 11) is 0. The van der Waals surface area contributed by atoms with Gasteiger partial charge in [0, 0.05) is 0 Å². The lowest BCUT2D eigenvalue weighted by atomic mass is 10.3. The number of hydrogen-bond donors (Lipinski definition) is 2. The number of halogens is 6. The minimum absolute atomic E-state index is 2.19. The van der Waals surface area contributed by atoms with Crippen molar-refractivity contribution in [3.63, 3.8) is 0 Å². The normalized spacial score (nSPS) is 16.6. The molecule has 11 heteroatoms. The second-order valence-corrected chi connectivity index (χ2v) is 2.32. The molecular weight excluding hydrogens is 254 g/mol. The number of carboxylic acids is 2. The lowest BCUT2D eigenvalue weighted by Gasteiger charge is -2.25. The number of rotatable bonds is 4. The summed E-state index contributed by atoms with van der Waals surface area (Å²) in [6, 6.07) is 0. The molecule has 0 amide bonds. The molecule has 0 radical (unpaired) electrons. The van der Waals surface area contributed by atoms with Gasteiger partial charge in [0.15, 0.2) is 0 Å². The maximum atomic E-state index is 12.6. The third-order valence-electron chi connectivity index (χ3n) is 1.16. The van der Waals surface area contributed by atoms with E-state index in [1.165, 1.54) is 0 Å². The van der Waals surface area contributed by atoms with E-state index >= 15 is 0 Å². The van der Waals surface area contributed by atoms with Gasteiger partial charge in [0.05, 0.1) is 0 Å². The maximum Gasteiger partial charge on any atom is 0.460 e. The van der Waals surface area contributed by atoms with Crippen LogP contribution in [0.15, 0.2) is 0 Å². The number of ether oxygens (including phenoxy) is 1. The molecule has 0 saturated carbocycles. The fraction of sp³-hybridized carbons (Fsp3) is 0.600. The highest BCUT2D eigenvalue weighted by Gasteiger charge is 2.69. The Kier molecular flexibility index (Phi) is 3.45. The van der Waals surface area contributed by atoms with Crippen LogP contribution in [-0.4, -0.2) is 40.3 Å². The summed E-state index contributed by atoms with van der Waals surface area (Å²) in [5, 5.41) is 15.4. The van der Waals surface area contributed by atoms with Gasteiger partial charge >= 0.3 is 30.1 Å². The molecule has 0 aliphatic rings. The highest BCUT2D eigenvalue weighted by atomic mass is 19.4. The Morgan fingerprint density at radius 3 is 1.44 bits per heavy atom. The summed E-state index contributed by atoms with van der Waals surface area (Å²) in [4.78, 5) is 19.5. The van der Waals surface area contributed by atoms with E-state index < -0.39 is 30.1 Å². The standard InChI is InChI=1S/C5H2F6O5/c6-3(1(12)13,5(9,10)11)16-4(7,8)2(14)15/h(H,12,13)(H,14,15). The van der Waals surface area contributed by atoms with Gasteiger partial charge < -0.3 is 10.2 Å². The predicted molar refractivity (Wildman–Crippen MR) is 31.2 cm³/mol. The van der Waals surface area contributed by atoms with Crippen LogP contribution in [0, 0.1) is 0 Å². The Hall–Kier alpha value is -1.52. The van der Waals surface area contributed by atoms with Gasteiger partial charge in [-0.05, 0) is 0 Å². The summed E-state index contributed by atoms with van der Waals surface area (Å²) in [5.74, 6) is -12.5. The molecule has 16 heavy (non-hydrogen) atoms. The van der Waals surface area contributed by atoms with Gasteiger partial charge in [-0.2, -0.15) is 26.3 Å². The Bertz CT molecular complexity index is 311. The predicted octanol–water partition coefficient (Wildman–Crippen LogP) is 0.993. The van der Waals surface area contributed by atoms with Crippen LogP contribution in [0.25, 0.3) is 0 Å². The van der Waals surface area contributed by atoms with Crippen molar-refractivity contribution in [2.24, 2.45) is 0 Å². The molecule has 0 aromatic heterocycles. The number of carboxylic acid groups (broad SMARTS) is 2. The first-order valence-electron chi connectivity index (χ1n) is 3.15. The first-order chi connectivity index (χ1) is 6.84. The van der Waals surface area contributed by atoms with Crippen molar-refractivity contribution < 1.29 is 50.9 Å². The molecule has 0 heterocycles. The van der Waals surface area contributed by atoms with Gasteiger partial charge in [0.1, 0.15) is 0 Å². The van der Waals surface area contributed by atoms with Crippen LogP contribution in [0.2, 0.25) is 0 Å². The van der Waals surface area contributed by atoms with E-state index in [0.717, 1.165) is 0 Å². The van der Waals surface area contributed by atoms with Gasteiger partial charge in [0.25, 0.3) is 0 Å². The van der Waals surface area contributed by atoms with Crippen LogP contribution in [0.3, 0.4) is 0 Å². The van der Waals surface area contributed by atoms with Crippen LogP contribution in [0.5, 0.6) is 0 Å². The molecule has 94 valence electrons. The van der Waals surface area contributed by atoms with Gasteiger partial charge in [-0.1, -0.05) is 0 Å². The average Bonchev–Trinajstić information content (AvgIpc) is 2.00. The van der Waals surface area contributed by atoms with E-state index in [4.69, 9.17) is 10.2 Å². The summed E-state index contributed by atoms with van der Waals surface area (Å²) >= 11 is 0. The maximum absolute atomic E-state index is 12.6. The summed E-state index contributed by atoms with van der Waals surface area (Å²) in [6.45, 7) is 0. The van der Waals surface area contributed by atoms with Crippen LogP contribution < -0.4 is 0 Å². The first-order valence-corrected chi connectivity index (χ1v) is 3.15. The van der Waals surface area contributed by atoms with Crippen LogP contribution in [0.4, 0.5) is 26.3 Å². The van der Waals surface area contributed by atoms with Crippen molar-refractivity contribution in [2.45, 2.75) is 18.1 Å². The van der Waals surface area contributed by atoms with Crippen molar-refractivity contribution in [1.82, 2.24) is 0 Å². The van der Waals surface area contributed by atoms with Gasteiger partial charge in [-0.3, -0.25) is 4.74 Å². The number of alkyl halides is 6. The zero-order valence-electron chi connectivity index (χ0n) is 6.89. The van der Waals surface area contributed by atoms with Gasteiger partial charge in [0.2, 0.25) is 0 Å². The van der Waals surface area contributed by atoms with E-state index in [0.29, 0.717) is 0 Å². The van der Waals surface area contributed by atoms with Crippen molar-refractivity contribution >= 4 is 11.9 Å². The molecule has 1 unspecified atom stereocenters. The minimum Gasteiger partial charge on any atom is -0.477 e. The van der Waals surface area contributed by atoms with Crippen molar-refractivity contribution in [1.29, 1.82) is 0 Å². The molecule has 0 fully saturated rings. The van der Waals surface area contributed by atoms with Crippen molar-refractivity contribution in [3.05, 3.63) is 0 Å². The molecule has 1 atom stereocenters. The smallest absolute Gasteiger partial charge is 0.460 e. The van der Waals surface area contributed by atoms with E-state index in [-0.39, 0.29) is 0 Å². The number of hydrogen-bond acceptors (Lipinski definition) is 3. The zero-order chi connectivity index (χ0) is 13.4. The monoisotopic (exact) mass is 256 g/mol. The minimum atomic E-state index is -6.36. The second-order valence-electron chi connectivity index (χ2n) is 2.32. The molecule has 0 aromatic carbocycles. The molecule has 2 N–H and O–H groups in total. The molecule has 0 saturated heterocycles. The van der Waals surface area contributed by atoms with E-state index in [2.05, 4.69) is 4.74 Å². The SMILES string of the molecule is O=C(O)C(F)(F)OC(F)(C(=O)O)C(F)(F)F. The van der Waals surface area contributed by atoms with Crippen molar-refractivity contribution in [2.75, 3.05) is 0 Å². The molecule has 0 spiro atoms. The Morgan fingerprint density at radius 1 is 0.875 bits per heavy atom. The molecule has 0 bridgehead atoms. The number of carbonyl (C=O) groups is 2. The van der Waals surface area contributed by atoms with E-state index in [9.17, 15) is 35.9 Å². The summed E-state index contributed by atoms with van der Waals surface area (Å²) in [5.41, 5.74) is 0. The topological polar surface area (TPSA) is 83.8 Å². The van der Waals surface area contributed by atoms with Crippen LogP contribution >= 0.6 is 0 Å². The van der Waals surface area contributed by atoms with E-state index in [1.807, 2.05) is 0 Å². The van der Waals surface area contributed by atoms with E-state index in [1.54, 1.807) is 0 Å². The van der Waals surface area contributed by atoms with Crippen LogP contribution in [0.1, 0.15) is 0 Å². The largest absolute Gasteiger partial charge is 0.477 e. The highest BCUT2D eigenvalue weighted by molar-refractivity contribution is 5.78. The highest BCUT2D eigenvalue weighted by Crippen LogP contribution is 2.39. The third kappa shape index (κ3) is 2.53. The molecule has 0 rings (SSSR count). The van der Waals surface area contributed by atoms with Crippen LogP contribution in [-0.2, 0) is 14.3 Å². The molecule has 0 aliphatic carbocycles. The average molecular weight is 256 g/mol. The zero-order valence-corrected chi connectivity index (χ0v) is 6.89. The molecule has 5 nitrogen and oxygen atoms in total. The quantitative estimate of drug-likeness (QED) is 0.733. The number of aliphatic carboxylic acids is 2. The summed E-state index contributed by atoms with van der Waals surface area (Å²) < 4.78 is 74.2. The lowest BCUT2D eigenvalue weighted by Crippen LogP contribution is -2.55. The van der Waals surface area contributed by atoms with Crippen molar-refractivity contribution in [3.8, 4) is 0 Å². The van der Waals surface area contributed by atoms with Gasteiger partial charge in [-0.15, -0.1) is 0 Å². The lowest BCUT2D eigenvalue weighted by molar-refractivity contribution is -0.388. The van der Waals surface area contributed by atoms with Gasteiger partial charge in [-0.25, -0.2) is 9.59 Å². The fourth-order valence-corrected chi connectivity index (χ4v) is 0.443.